The van der Waals surface area contributed by atoms with Crippen LogP contribution in [0.4, 0.5) is 11.4 Å². The van der Waals surface area contributed by atoms with Gasteiger partial charge in [-0.3, -0.25) is 9.69 Å². The molecule has 0 aromatic heterocycles. The zero-order valence-electron chi connectivity index (χ0n) is 10.5. The van der Waals surface area contributed by atoms with Crippen molar-refractivity contribution in [2.24, 2.45) is 0 Å². The lowest BCUT2D eigenvalue weighted by Crippen LogP contribution is -2.28. The van der Waals surface area contributed by atoms with E-state index in [1.54, 1.807) is 29.2 Å². The fourth-order valence-electron chi connectivity index (χ4n) is 1.50. The third-order valence-electron chi connectivity index (χ3n) is 2.48. The molecule has 0 saturated carbocycles. The minimum absolute atomic E-state index is 0.133. The molecule has 0 saturated heterocycles. The Morgan fingerprint density at radius 3 is 2.47 bits per heavy atom. The second-order valence-corrected chi connectivity index (χ2v) is 3.91. The van der Waals surface area contributed by atoms with Gasteiger partial charge in [-0.15, -0.1) is 0 Å². The molecular weight excluding hydrogens is 242 g/mol. The second-order valence-electron chi connectivity index (χ2n) is 3.91. The van der Waals surface area contributed by atoms with Gasteiger partial charge in [-0.1, -0.05) is 12.1 Å². The van der Waals surface area contributed by atoms with Gasteiger partial charge in [0, 0.05) is 13.0 Å². The molecular formula is C13H15N5O. The Kier molecular flexibility index (Phi) is 5.87. The number of nitrogens with one attached hydrogen (secondary N) is 1. The summed E-state index contributed by atoms with van der Waals surface area (Å²) >= 11 is 0. The minimum atomic E-state index is -0.196. The zero-order valence-corrected chi connectivity index (χ0v) is 10.5. The average molecular weight is 257 g/mol. The molecule has 1 amide bonds. The van der Waals surface area contributed by atoms with Crippen LogP contribution in [0.5, 0.6) is 0 Å². The number of anilines is 2. The highest BCUT2D eigenvalue weighted by Crippen LogP contribution is 2.16. The van der Waals surface area contributed by atoms with Crippen LogP contribution in [0.15, 0.2) is 24.3 Å². The number of nitrogens with zero attached hydrogens (tertiary/aromatic N) is 3. The van der Waals surface area contributed by atoms with Crippen molar-refractivity contribution >= 4 is 17.3 Å². The first-order chi connectivity index (χ1) is 9.17. The smallest absolute Gasteiger partial charge is 0.225 e. The molecule has 0 atom stereocenters. The van der Waals surface area contributed by atoms with Crippen molar-refractivity contribution in [2.45, 2.75) is 6.42 Å². The summed E-state index contributed by atoms with van der Waals surface area (Å²) in [5.41, 5.74) is 6.78. The largest absolute Gasteiger partial charge is 0.397 e. The third kappa shape index (κ3) is 5.07. The van der Waals surface area contributed by atoms with E-state index in [9.17, 15) is 4.79 Å². The first-order valence-corrected chi connectivity index (χ1v) is 5.78. The Hall–Kier alpha value is -2.57. The van der Waals surface area contributed by atoms with Gasteiger partial charge in [0.05, 0.1) is 36.6 Å². The molecule has 1 aromatic rings. The molecule has 6 nitrogen and oxygen atoms in total. The number of nitrogens with two attached hydrogens (primary N) is 1. The van der Waals surface area contributed by atoms with Gasteiger partial charge in [0.15, 0.2) is 0 Å². The molecule has 0 aliphatic rings. The normalized spacial score (nSPS) is 9.63. The monoisotopic (exact) mass is 257 g/mol. The molecule has 0 aliphatic carbocycles. The zero-order chi connectivity index (χ0) is 14.1. The predicted octanol–water partition coefficient (Wildman–Crippen LogP) is 0.947. The molecule has 6 heteroatoms. The molecule has 1 aromatic carbocycles. The summed E-state index contributed by atoms with van der Waals surface area (Å²) in [5, 5.41) is 19.9. The van der Waals surface area contributed by atoms with Crippen molar-refractivity contribution in [1.29, 1.82) is 10.5 Å². The van der Waals surface area contributed by atoms with Gasteiger partial charge in [0.1, 0.15) is 0 Å². The number of amides is 1. The van der Waals surface area contributed by atoms with Gasteiger partial charge in [0.25, 0.3) is 0 Å². The summed E-state index contributed by atoms with van der Waals surface area (Å²) in [7, 11) is 0. The van der Waals surface area contributed by atoms with Crippen LogP contribution in [0.2, 0.25) is 0 Å². The van der Waals surface area contributed by atoms with E-state index in [4.69, 9.17) is 16.3 Å². The highest BCUT2D eigenvalue weighted by atomic mass is 16.1. The molecule has 1 rings (SSSR count). The first kappa shape index (κ1) is 14.5. The van der Waals surface area contributed by atoms with E-state index >= 15 is 0 Å². The molecule has 0 bridgehead atoms. The third-order valence-corrected chi connectivity index (χ3v) is 2.48. The number of hydrogen-bond donors (Lipinski definition) is 2. The van der Waals surface area contributed by atoms with Crippen LogP contribution in [0.1, 0.15) is 6.42 Å². The lowest BCUT2D eigenvalue weighted by Gasteiger charge is -2.14. The van der Waals surface area contributed by atoms with E-state index < -0.39 is 0 Å². The van der Waals surface area contributed by atoms with Gasteiger partial charge in [-0.05, 0) is 12.1 Å². The van der Waals surface area contributed by atoms with Crippen molar-refractivity contribution in [2.75, 3.05) is 30.7 Å². The fraction of sp³-hybridized carbons (Fsp3) is 0.308. The van der Waals surface area contributed by atoms with Gasteiger partial charge < -0.3 is 11.1 Å². The van der Waals surface area contributed by atoms with E-state index in [1.807, 2.05) is 12.1 Å². The van der Waals surface area contributed by atoms with Gasteiger partial charge in [-0.25, -0.2) is 0 Å². The number of para-hydroxylation sites is 2. The second kappa shape index (κ2) is 7.70. The molecule has 19 heavy (non-hydrogen) atoms. The standard InChI is InChI=1S/C13H15N5O/c14-6-9-18(10-7-15)8-5-13(19)17-12-4-2-1-3-11(12)16/h1-4H,5,8-10,16H2,(H,17,19). The molecule has 0 radical (unpaired) electrons. The quantitative estimate of drug-likeness (QED) is 0.583. The predicted molar refractivity (Wildman–Crippen MR) is 71.8 cm³/mol. The number of nitrogen functional groups attached to an aromatic ring is 1. The topological polar surface area (TPSA) is 106 Å². The summed E-state index contributed by atoms with van der Waals surface area (Å²) in [6, 6.07) is 10.9. The number of carbonyl (C=O) groups excluding carboxylic acids is 1. The van der Waals surface area contributed by atoms with Crippen LogP contribution in [-0.4, -0.2) is 30.4 Å². The Balaban J connectivity index is 2.46. The highest BCUT2D eigenvalue weighted by Gasteiger charge is 2.08. The Labute approximate surface area is 112 Å². The maximum atomic E-state index is 11.7. The van der Waals surface area contributed by atoms with E-state index in [0.717, 1.165) is 0 Å². The molecule has 0 heterocycles. The van der Waals surface area contributed by atoms with E-state index in [1.165, 1.54) is 0 Å². The number of nitriles is 2. The summed E-state index contributed by atoms with van der Waals surface area (Å²) in [4.78, 5) is 13.3. The molecule has 98 valence electrons. The first-order valence-electron chi connectivity index (χ1n) is 5.78. The van der Waals surface area contributed by atoms with Crippen molar-refractivity contribution in [3.8, 4) is 12.1 Å². The van der Waals surface area contributed by atoms with Crippen LogP contribution in [0.25, 0.3) is 0 Å². The maximum absolute atomic E-state index is 11.7. The van der Waals surface area contributed by atoms with Crippen LogP contribution >= 0.6 is 0 Å². The number of hydrogen-bond acceptors (Lipinski definition) is 5. The minimum Gasteiger partial charge on any atom is -0.397 e. The molecule has 0 spiro atoms. The Morgan fingerprint density at radius 2 is 1.89 bits per heavy atom. The Morgan fingerprint density at radius 1 is 1.26 bits per heavy atom. The fourth-order valence-corrected chi connectivity index (χ4v) is 1.50. The maximum Gasteiger partial charge on any atom is 0.225 e. The molecule has 0 unspecified atom stereocenters. The van der Waals surface area contributed by atoms with Crippen molar-refractivity contribution in [3.63, 3.8) is 0 Å². The van der Waals surface area contributed by atoms with Crippen LogP contribution < -0.4 is 11.1 Å². The number of rotatable bonds is 6. The lowest BCUT2D eigenvalue weighted by atomic mass is 10.2. The number of benzene rings is 1. The van der Waals surface area contributed by atoms with Gasteiger partial charge in [-0.2, -0.15) is 10.5 Å². The summed E-state index contributed by atoms with van der Waals surface area (Å²) in [6.45, 7) is 0.627. The van der Waals surface area contributed by atoms with Crippen LogP contribution in [0, 0.1) is 22.7 Å². The van der Waals surface area contributed by atoms with Gasteiger partial charge in [0.2, 0.25) is 5.91 Å². The van der Waals surface area contributed by atoms with Gasteiger partial charge >= 0.3 is 0 Å². The summed E-state index contributed by atoms with van der Waals surface area (Å²) in [5.74, 6) is -0.196. The van der Waals surface area contributed by atoms with Crippen molar-refractivity contribution in [1.82, 2.24) is 4.90 Å². The summed E-state index contributed by atoms with van der Waals surface area (Å²) < 4.78 is 0. The lowest BCUT2D eigenvalue weighted by molar-refractivity contribution is -0.116. The molecule has 0 fully saturated rings. The average Bonchev–Trinajstić information content (AvgIpc) is 2.39. The van der Waals surface area contributed by atoms with E-state index in [-0.39, 0.29) is 25.4 Å². The van der Waals surface area contributed by atoms with Crippen LogP contribution in [0.3, 0.4) is 0 Å². The Bertz CT molecular complexity index is 499. The van der Waals surface area contributed by atoms with Crippen molar-refractivity contribution in [3.05, 3.63) is 24.3 Å². The highest BCUT2D eigenvalue weighted by molar-refractivity contribution is 5.93. The summed E-state index contributed by atoms with van der Waals surface area (Å²) in [6.07, 6.45) is 0.206. The number of carbonyl (C=O) groups is 1. The van der Waals surface area contributed by atoms with E-state index in [2.05, 4.69) is 5.32 Å². The molecule has 0 aliphatic heterocycles. The van der Waals surface area contributed by atoms with Crippen LogP contribution in [-0.2, 0) is 4.79 Å². The molecule has 3 N–H and O–H groups in total. The van der Waals surface area contributed by atoms with Crippen molar-refractivity contribution < 1.29 is 4.79 Å². The SMILES string of the molecule is N#CCN(CC#N)CCC(=O)Nc1ccccc1N. The van der Waals surface area contributed by atoms with E-state index in [0.29, 0.717) is 17.9 Å².